The first-order valence-electron chi connectivity index (χ1n) is 29.4. The van der Waals surface area contributed by atoms with E-state index < -0.39 is 177 Å². The van der Waals surface area contributed by atoms with Crippen molar-refractivity contribution in [3.63, 3.8) is 0 Å². The molecule has 0 aliphatic rings. The zero-order chi connectivity index (χ0) is 69.3. The van der Waals surface area contributed by atoms with Crippen molar-refractivity contribution in [1.82, 2.24) is 63.8 Å². The molecule has 0 spiro atoms. The number of aliphatic hydroxyl groups excluding tert-OH is 3. The van der Waals surface area contributed by atoms with Crippen LogP contribution in [-0.4, -0.2) is 247 Å². The normalized spacial score (nSPS) is 14.2. The first-order chi connectivity index (χ1) is 42.4. The fourth-order valence-electron chi connectivity index (χ4n) is 7.40. The number of aliphatic carboxylic acids is 3. The molecule has 0 aliphatic heterocycles. The highest BCUT2D eigenvalue weighted by molar-refractivity contribution is 5.87. The summed E-state index contributed by atoms with van der Waals surface area (Å²) in [7, 11) is 0. The lowest BCUT2D eigenvalue weighted by Crippen LogP contribution is -2.55. The maximum absolute atomic E-state index is 13.1. The van der Waals surface area contributed by atoms with E-state index >= 15 is 0 Å². The van der Waals surface area contributed by atoms with Gasteiger partial charge in [0.05, 0.1) is 31.3 Å². The second-order valence-corrected chi connectivity index (χ2v) is 23.0. The van der Waals surface area contributed by atoms with Crippen LogP contribution < -0.4 is 63.8 Å². The number of carbonyl (C=O) groups excluding carboxylic acids is 9. The summed E-state index contributed by atoms with van der Waals surface area (Å²) in [6.45, 7) is 11.8. The van der Waals surface area contributed by atoms with Gasteiger partial charge in [-0.15, -0.1) is 0 Å². The Hall–Kier alpha value is -7.36. The summed E-state index contributed by atoms with van der Waals surface area (Å²) in [6, 6.07) is -3.58. The Bertz CT molecular complexity index is 2280. The summed E-state index contributed by atoms with van der Waals surface area (Å²) in [4.78, 5) is 147. The zero-order valence-corrected chi connectivity index (χ0v) is 53.4. The molecule has 91 heavy (non-hydrogen) atoms. The van der Waals surface area contributed by atoms with Crippen LogP contribution in [0.4, 0.5) is 14.4 Å². The monoisotopic (exact) mass is 1310 g/mol. The Labute approximate surface area is 527 Å². The third-order valence-corrected chi connectivity index (χ3v) is 11.2. The number of aliphatic hydroxyl groups is 3. The molecule has 0 saturated heterocycles. The zero-order valence-electron chi connectivity index (χ0n) is 53.4. The molecule has 37 heteroatoms. The molecule has 0 heterocycles. The standard InChI is InChI=1S/C54H98N12O25/c1-11-87-35(27-85-29-37(67)55-21-15-12-18-32(43(76)58-24-40(70)71)61-46(79)64-49(82)89-52(2,3)4)36(88-31-39(69)57-23-17-14-20-34(45(78)60-26-42(74)75)63-48(81)66-51(84)91-54(8,9)10)28-86-30-38(68)56-22-16-13-19-33(44(77)59-25-41(72)73)62-47(80)65-50(83)90-53(5,6)7/h32-36,46-48,61-63,79-81H,11-31H2,1-10H3,(H,55,67)(H,56,68)(H,57,69)(H,58,76)(H,59,77)(H,60,78)(H,64,82)(H,65,83)(H,66,84)(H,70,71)(H,72,73)(H,74,75). The number of hydrogen-bond acceptors (Lipinski definition) is 25. The minimum absolute atomic E-state index is 0.00000644. The number of unbranched alkanes of at least 4 members (excludes halogenated alkanes) is 3. The molecular weight excluding hydrogens is 1220 g/mol. The van der Waals surface area contributed by atoms with Crippen molar-refractivity contribution in [3.05, 3.63) is 0 Å². The molecule has 0 aromatic heterocycles. The van der Waals surface area contributed by atoms with E-state index in [2.05, 4.69) is 63.8 Å². The van der Waals surface area contributed by atoms with Gasteiger partial charge >= 0.3 is 36.2 Å². The molecule has 0 aromatic rings. The predicted octanol–water partition coefficient (Wildman–Crippen LogP) is -3.45. The van der Waals surface area contributed by atoms with E-state index in [-0.39, 0.29) is 97.2 Å². The van der Waals surface area contributed by atoms with Gasteiger partial charge in [-0.25, -0.2) is 14.4 Å². The van der Waals surface area contributed by atoms with Crippen molar-refractivity contribution in [3.8, 4) is 0 Å². The van der Waals surface area contributed by atoms with Gasteiger partial charge in [-0.3, -0.25) is 75.1 Å². The molecule has 8 atom stereocenters. The van der Waals surface area contributed by atoms with Crippen LogP contribution in [0.5, 0.6) is 0 Å². The fraction of sp³-hybridized carbons (Fsp3) is 0.778. The third kappa shape index (κ3) is 47.3. The van der Waals surface area contributed by atoms with E-state index in [1.807, 2.05) is 0 Å². The van der Waals surface area contributed by atoms with E-state index in [4.69, 9.17) is 48.5 Å². The molecule has 524 valence electrons. The molecule has 0 radical (unpaired) electrons. The molecule has 0 fully saturated rings. The average molecular weight is 1320 g/mol. The van der Waals surface area contributed by atoms with Gasteiger partial charge in [0.15, 0.2) is 19.1 Å². The maximum atomic E-state index is 13.1. The highest BCUT2D eigenvalue weighted by Crippen LogP contribution is 2.12. The summed E-state index contributed by atoms with van der Waals surface area (Å²) in [5, 5.41) is 86.6. The van der Waals surface area contributed by atoms with Gasteiger partial charge in [0.1, 0.15) is 68.5 Å². The number of carbonyl (C=O) groups is 12. The van der Waals surface area contributed by atoms with Crippen molar-refractivity contribution < 1.29 is 121 Å². The van der Waals surface area contributed by atoms with Crippen molar-refractivity contribution in [2.24, 2.45) is 0 Å². The predicted molar refractivity (Wildman–Crippen MR) is 316 cm³/mol. The van der Waals surface area contributed by atoms with Crippen LogP contribution in [0.1, 0.15) is 127 Å². The average Bonchev–Trinajstić information content (AvgIpc) is 3.61. The summed E-state index contributed by atoms with van der Waals surface area (Å²) >= 11 is 0. The number of nitrogens with one attached hydrogen (secondary N) is 12. The number of rotatable bonds is 47. The van der Waals surface area contributed by atoms with Crippen LogP contribution in [0.15, 0.2) is 0 Å². The number of hydrogen-bond donors (Lipinski definition) is 18. The van der Waals surface area contributed by atoms with Crippen molar-refractivity contribution in [2.45, 2.75) is 193 Å². The fourth-order valence-corrected chi connectivity index (χ4v) is 7.40. The van der Waals surface area contributed by atoms with Gasteiger partial charge in [-0.1, -0.05) is 0 Å². The van der Waals surface area contributed by atoms with E-state index in [0.29, 0.717) is 0 Å². The van der Waals surface area contributed by atoms with Crippen LogP contribution in [0.3, 0.4) is 0 Å². The van der Waals surface area contributed by atoms with E-state index in [1.165, 1.54) is 0 Å². The Kier molecular flexibility index (Phi) is 41.4. The van der Waals surface area contributed by atoms with Crippen LogP contribution >= 0.6 is 0 Å². The molecule has 0 aromatic carbocycles. The molecule has 18 N–H and O–H groups in total. The van der Waals surface area contributed by atoms with Gasteiger partial charge in [-0.05, 0) is 127 Å². The van der Waals surface area contributed by atoms with Gasteiger partial charge in [0.25, 0.3) is 0 Å². The van der Waals surface area contributed by atoms with Crippen LogP contribution in [0, 0.1) is 0 Å². The highest BCUT2D eigenvalue weighted by atomic mass is 16.6. The molecule has 0 bridgehead atoms. The first-order valence-corrected chi connectivity index (χ1v) is 29.4. The first kappa shape index (κ1) is 83.6. The largest absolute Gasteiger partial charge is 0.480 e. The van der Waals surface area contributed by atoms with Gasteiger partial charge in [-0.2, -0.15) is 0 Å². The van der Waals surface area contributed by atoms with Crippen molar-refractivity contribution in [1.29, 1.82) is 0 Å². The number of alkyl carbamates (subject to hydrolysis) is 3. The third-order valence-electron chi connectivity index (χ3n) is 11.2. The molecule has 37 nitrogen and oxygen atoms in total. The smallest absolute Gasteiger partial charge is 0.410 e. The Morgan fingerprint density at radius 1 is 0.385 bits per heavy atom. The second-order valence-electron chi connectivity index (χ2n) is 23.0. The lowest BCUT2D eigenvalue weighted by atomic mass is 10.1. The maximum Gasteiger partial charge on any atom is 0.410 e. The summed E-state index contributed by atoms with van der Waals surface area (Å²) in [5.74, 6) is -8.19. The van der Waals surface area contributed by atoms with Crippen molar-refractivity contribution >= 4 is 71.6 Å². The summed E-state index contributed by atoms with van der Waals surface area (Å²) in [5.41, 5.74) is -2.71. The van der Waals surface area contributed by atoms with E-state index in [1.54, 1.807) is 69.2 Å². The van der Waals surface area contributed by atoms with Gasteiger partial charge in [0, 0.05) is 26.2 Å². The van der Waals surface area contributed by atoms with E-state index in [9.17, 15) is 72.9 Å². The molecule has 8 unspecified atom stereocenters. The molecule has 0 saturated carbocycles. The Morgan fingerprint density at radius 3 is 0.923 bits per heavy atom. The number of carboxylic acid groups (broad SMARTS) is 3. The van der Waals surface area contributed by atoms with Gasteiger partial charge in [0.2, 0.25) is 35.4 Å². The highest BCUT2D eigenvalue weighted by Gasteiger charge is 2.30. The molecular formula is C54H98N12O25. The van der Waals surface area contributed by atoms with E-state index in [0.717, 1.165) is 0 Å². The Balaban J connectivity index is 5.90. The molecule has 9 amide bonds. The second kappa shape index (κ2) is 45.0. The summed E-state index contributed by atoms with van der Waals surface area (Å²) in [6.07, 6.45) is -8.87. The van der Waals surface area contributed by atoms with Gasteiger partial charge < -0.3 is 95.7 Å². The van der Waals surface area contributed by atoms with Crippen LogP contribution in [-0.2, 0) is 76.3 Å². The summed E-state index contributed by atoms with van der Waals surface area (Å²) < 4.78 is 38.4. The molecule has 0 aliphatic carbocycles. The SMILES string of the molecule is CCOC(COCC(=O)NCCCCC(NC(O)NC(=O)OC(C)(C)C)C(=O)NCC(=O)O)C(COCC(=O)NCCCCC(NC(O)NC(=O)OC(C)(C)C)C(=O)NCC(=O)O)OCC(=O)NCCCCC(NC(O)NC(=O)OC(C)(C)C)C(=O)NCC(=O)O. The minimum Gasteiger partial charge on any atom is -0.480 e. The van der Waals surface area contributed by atoms with Crippen LogP contribution in [0.2, 0.25) is 0 Å². The lowest BCUT2D eigenvalue weighted by Gasteiger charge is -2.27. The lowest BCUT2D eigenvalue weighted by molar-refractivity contribution is -0.149. The number of ether oxygens (including phenoxy) is 7. The van der Waals surface area contributed by atoms with Crippen LogP contribution in [0.25, 0.3) is 0 Å². The number of amides is 9. The topological polar surface area (TPSA) is 535 Å². The van der Waals surface area contributed by atoms with Crippen molar-refractivity contribution in [2.75, 3.05) is 78.9 Å². The minimum atomic E-state index is -1.78. The Morgan fingerprint density at radius 2 is 0.659 bits per heavy atom. The molecule has 0 rings (SSSR count). The quantitative estimate of drug-likeness (QED) is 0.0160. The number of carboxylic acids is 3.